The summed E-state index contributed by atoms with van der Waals surface area (Å²) in [7, 11) is 0. The van der Waals surface area contributed by atoms with Crippen molar-refractivity contribution in [1.29, 1.82) is 0 Å². The maximum Gasteiger partial charge on any atom is 0.275 e. The first-order valence-electron chi connectivity index (χ1n) is 8.39. The Morgan fingerprint density at radius 2 is 2.00 bits per heavy atom. The van der Waals surface area contributed by atoms with Gasteiger partial charge in [-0.15, -0.1) is 0 Å². The van der Waals surface area contributed by atoms with Crippen molar-refractivity contribution in [3.8, 4) is 0 Å². The van der Waals surface area contributed by atoms with E-state index >= 15 is 0 Å². The highest BCUT2D eigenvalue weighted by molar-refractivity contribution is 5.81. The third kappa shape index (κ3) is 2.91. The van der Waals surface area contributed by atoms with Gasteiger partial charge in [0.15, 0.2) is 0 Å². The van der Waals surface area contributed by atoms with Gasteiger partial charge in [0.1, 0.15) is 6.54 Å². The van der Waals surface area contributed by atoms with E-state index < -0.39 is 0 Å². The number of benzene rings is 1. The lowest BCUT2D eigenvalue weighted by molar-refractivity contribution is -0.133. The van der Waals surface area contributed by atoms with Crippen LogP contribution in [0.5, 0.6) is 0 Å². The first-order chi connectivity index (χ1) is 12.2. The van der Waals surface area contributed by atoms with E-state index in [-0.39, 0.29) is 24.1 Å². The molecule has 1 aliphatic rings. The maximum atomic E-state index is 12.8. The Labute approximate surface area is 144 Å². The van der Waals surface area contributed by atoms with Crippen LogP contribution in [-0.4, -0.2) is 32.1 Å². The van der Waals surface area contributed by atoms with Gasteiger partial charge in [0.2, 0.25) is 5.91 Å². The highest BCUT2D eigenvalue weighted by Gasteiger charge is 2.31. The number of carbonyl (C=O) groups excluding carboxylic acids is 1. The maximum absolute atomic E-state index is 12.8. The van der Waals surface area contributed by atoms with E-state index in [0.717, 1.165) is 23.9 Å². The molecule has 0 aliphatic carbocycles. The number of amides is 1. The van der Waals surface area contributed by atoms with Crippen molar-refractivity contribution in [3.05, 3.63) is 70.9 Å². The Morgan fingerprint density at radius 1 is 1.16 bits per heavy atom. The minimum absolute atomic E-state index is 0.0233. The summed E-state index contributed by atoms with van der Waals surface area (Å²) in [6.45, 7) is 0.634. The highest BCUT2D eigenvalue weighted by atomic mass is 16.2. The predicted octanol–water partition coefficient (Wildman–Crippen LogP) is 2.16. The first kappa shape index (κ1) is 15.5. The van der Waals surface area contributed by atoms with E-state index in [0.29, 0.717) is 11.9 Å². The van der Waals surface area contributed by atoms with Gasteiger partial charge in [-0.3, -0.25) is 14.6 Å². The minimum atomic E-state index is -0.236. The summed E-state index contributed by atoms with van der Waals surface area (Å²) in [4.78, 5) is 31.5. The van der Waals surface area contributed by atoms with Gasteiger partial charge in [0.05, 0.1) is 23.3 Å². The standard InChI is InChI=1S/C19H18N4O2/c24-18(22-11-5-9-17(22)16-8-3-4-10-20-16)13-23-19(25)15-7-2-1-6-14(15)12-21-23/h1-4,6-8,10,12,17H,5,9,11,13H2. The molecular weight excluding hydrogens is 316 g/mol. The van der Waals surface area contributed by atoms with E-state index in [2.05, 4.69) is 10.1 Å². The van der Waals surface area contributed by atoms with Gasteiger partial charge in [-0.25, -0.2) is 4.68 Å². The number of aromatic nitrogens is 3. The Hall–Kier alpha value is -3.02. The summed E-state index contributed by atoms with van der Waals surface area (Å²) in [6.07, 6.45) is 5.20. The van der Waals surface area contributed by atoms with Gasteiger partial charge in [-0.05, 0) is 31.0 Å². The van der Waals surface area contributed by atoms with Crippen molar-refractivity contribution in [1.82, 2.24) is 19.7 Å². The van der Waals surface area contributed by atoms with Gasteiger partial charge in [-0.1, -0.05) is 24.3 Å². The first-order valence-corrected chi connectivity index (χ1v) is 8.39. The average Bonchev–Trinajstić information content (AvgIpc) is 3.15. The summed E-state index contributed by atoms with van der Waals surface area (Å²) in [5.74, 6) is -0.0990. The second-order valence-electron chi connectivity index (χ2n) is 6.19. The van der Waals surface area contributed by atoms with Gasteiger partial charge in [0.25, 0.3) is 5.56 Å². The van der Waals surface area contributed by atoms with Crippen LogP contribution in [0.25, 0.3) is 10.8 Å². The lowest BCUT2D eigenvalue weighted by atomic mass is 10.1. The Bertz CT molecular complexity index is 968. The Kier molecular flexibility index (Phi) is 4.01. The molecule has 0 radical (unpaired) electrons. The van der Waals surface area contributed by atoms with Crippen LogP contribution < -0.4 is 5.56 Å². The number of carbonyl (C=O) groups is 1. The molecule has 1 aromatic carbocycles. The molecule has 3 aromatic rings. The zero-order valence-electron chi connectivity index (χ0n) is 13.7. The molecule has 1 saturated heterocycles. The van der Waals surface area contributed by atoms with Crippen LogP contribution in [-0.2, 0) is 11.3 Å². The molecule has 1 aliphatic heterocycles. The van der Waals surface area contributed by atoms with Crippen LogP contribution in [0.4, 0.5) is 0 Å². The molecule has 0 bridgehead atoms. The van der Waals surface area contributed by atoms with Crippen LogP contribution >= 0.6 is 0 Å². The SMILES string of the molecule is O=C(Cn1ncc2ccccc2c1=O)N1CCCC1c1ccccn1. The van der Waals surface area contributed by atoms with Gasteiger partial charge in [0, 0.05) is 18.1 Å². The van der Waals surface area contributed by atoms with Gasteiger partial charge < -0.3 is 4.90 Å². The molecule has 0 N–H and O–H groups in total. The van der Waals surface area contributed by atoms with Gasteiger partial charge >= 0.3 is 0 Å². The molecule has 4 rings (SSSR count). The third-order valence-corrected chi connectivity index (χ3v) is 4.65. The van der Waals surface area contributed by atoms with Crippen molar-refractivity contribution < 1.29 is 4.79 Å². The molecule has 6 nitrogen and oxygen atoms in total. The quantitative estimate of drug-likeness (QED) is 0.736. The molecule has 0 saturated carbocycles. The Balaban J connectivity index is 1.60. The number of hydrogen-bond donors (Lipinski definition) is 0. The Morgan fingerprint density at radius 3 is 2.84 bits per heavy atom. The molecule has 6 heteroatoms. The topological polar surface area (TPSA) is 68.1 Å². The highest BCUT2D eigenvalue weighted by Crippen LogP contribution is 2.30. The molecule has 1 amide bonds. The lowest BCUT2D eigenvalue weighted by Gasteiger charge is -2.24. The van der Waals surface area contributed by atoms with Crippen molar-refractivity contribution >= 4 is 16.7 Å². The van der Waals surface area contributed by atoms with E-state index in [1.165, 1.54) is 4.68 Å². The second kappa shape index (κ2) is 6.47. The van der Waals surface area contributed by atoms with E-state index in [1.807, 2.05) is 41.3 Å². The number of hydrogen-bond acceptors (Lipinski definition) is 4. The molecule has 126 valence electrons. The molecule has 0 spiro atoms. The lowest BCUT2D eigenvalue weighted by Crippen LogP contribution is -2.37. The second-order valence-corrected chi connectivity index (χ2v) is 6.19. The summed E-state index contributed by atoms with van der Waals surface area (Å²) in [6, 6.07) is 13.0. The molecule has 1 unspecified atom stereocenters. The molecule has 2 aromatic heterocycles. The van der Waals surface area contributed by atoms with Crippen LogP contribution in [0.15, 0.2) is 59.7 Å². The third-order valence-electron chi connectivity index (χ3n) is 4.65. The number of fused-ring (bicyclic) bond motifs is 1. The number of rotatable bonds is 3. The number of pyridine rings is 1. The summed E-state index contributed by atoms with van der Waals surface area (Å²) < 4.78 is 1.25. The van der Waals surface area contributed by atoms with Gasteiger partial charge in [-0.2, -0.15) is 5.10 Å². The smallest absolute Gasteiger partial charge is 0.275 e. The van der Waals surface area contributed by atoms with E-state index in [4.69, 9.17) is 0 Å². The van der Waals surface area contributed by atoms with E-state index in [9.17, 15) is 9.59 Å². The van der Waals surface area contributed by atoms with Crippen LogP contribution in [0.1, 0.15) is 24.6 Å². The molecular formula is C19H18N4O2. The van der Waals surface area contributed by atoms with Crippen LogP contribution in [0.2, 0.25) is 0 Å². The fourth-order valence-corrected chi connectivity index (χ4v) is 3.41. The minimum Gasteiger partial charge on any atom is -0.332 e. The zero-order valence-corrected chi connectivity index (χ0v) is 13.7. The average molecular weight is 334 g/mol. The largest absolute Gasteiger partial charge is 0.332 e. The fourth-order valence-electron chi connectivity index (χ4n) is 3.41. The van der Waals surface area contributed by atoms with Crippen molar-refractivity contribution in [2.45, 2.75) is 25.4 Å². The normalized spacial score (nSPS) is 17.1. The number of nitrogens with zero attached hydrogens (tertiary/aromatic N) is 4. The molecule has 25 heavy (non-hydrogen) atoms. The summed E-state index contributed by atoms with van der Waals surface area (Å²) in [5.41, 5.74) is 0.659. The summed E-state index contributed by atoms with van der Waals surface area (Å²) in [5, 5.41) is 5.51. The van der Waals surface area contributed by atoms with Crippen LogP contribution in [0.3, 0.4) is 0 Å². The van der Waals surface area contributed by atoms with Crippen molar-refractivity contribution in [2.75, 3.05) is 6.54 Å². The number of likely N-dealkylation sites (tertiary alicyclic amines) is 1. The van der Waals surface area contributed by atoms with Crippen molar-refractivity contribution in [3.63, 3.8) is 0 Å². The molecule has 3 heterocycles. The zero-order chi connectivity index (χ0) is 17.2. The molecule has 1 fully saturated rings. The monoisotopic (exact) mass is 334 g/mol. The summed E-state index contributed by atoms with van der Waals surface area (Å²) >= 11 is 0. The fraction of sp³-hybridized carbons (Fsp3) is 0.263. The van der Waals surface area contributed by atoms with E-state index in [1.54, 1.807) is 18.5 Å². The van der Waals surface area contributed by atoms with Crippen LogP contribution in [0, 0.1) is 0 Å². The molecule has 1 atom stereocenters. The predicted molar refractivity (Wildman–Crippen MR) is 93.9 cm³/mol. The van der Waals surface area contributed by atoms with Crippen molar-refractivity contribution in [2.24, 2.45) is 0 Å².